The Morgan fingerprint density at radius 2 is 1.86 bits per heavy atom. The molecule has 2 N–H and O–H groups in total. The average Bonchev–Trinajstić information content (AvgIpc) is 3.27. The van der Waals surface area contributed by atoms with Gasteiger partial charge in [0.05, 0.1) is 52.1 Å². The number of anilines is 2. The molecule has 0 radical (unpaired) electrons. The molecule has 3 heterocycles. The number of aromatic nitrogens is 4. The molecule has 188 valence electrons. The minimum absolute atomic E-state index is 0.216. The number of nitrogens with zero attached hydrogens (tertiary/aromatic N) is 5. The van der Waals surface area contributed by atoms with Crippen LogP contribution >= 0.6 is 11.6 Å². The predicted octanol–water partition coefficient (Wildman–Crippen LogP) is 5.29. The fourth-order valence-corrected chi connectivity index (χ4v) is 4.88. The van der Waals surface area contributed by atoms with Gasteiger partial charge in [0.15, 0.2) is 0 Å². The van der Waals surface area contributed by atoms with Gasteiger partial charge in [-0.05, 0) is 59.6 Å². The molecule has 4 rings (SSSR count). The van der Waals surface area contributed by atoms with Crippen molar-refractivity contribution in [2.24, 2.45) is 0 Å². The third kappa shape index (κ3) is 6.01. The number of amides is 1. The number of ether oxygens (including phenoxy) is 1. The number of nitrogens with one attached hydrogen (secondary N) is 2. The van der Waals surface area contributed by atoms with E-state index in [1.807, 2.05) is 16.9 Å². The van der Waals surface area contributed by atoms with E-state index in [-0.39, 0.29) is 23.2 Å². The van der Waals surface area contributed by atoms with Crippen LogP contribution in [0.15, 0.2) is 42.9 Å². The summed E-state index contributed by atoms with van der Waals surface area (Å²) < 4.78 is 8.17. The number of halogens is 1. The van der Waals surface area contributed by atoms with Crippen LogP contribution in [0, 0.1) is 11.3 Å². The first-order chi connectivity index (χ1) is 16.9. The lowest BCUT2D eigenvalue weighted by Gasteiger charge is -2.45. The molecule has 2 aromatic heterocycles. The first-order valence-electron chi connectivity index (χ1n) is 11.8. The van der Waals surface area contributed by atoms with Gasteiger partial charge in [-0.2, -0.15) is 10.4 Å². The van der Waals surface area contributed by atoms with E-state index in [4.69, 9.17) is 21.6 Å². The second kappa shape index (κ2) is 9.88. The highest BCUT2D eigenvalue weighted by molar-refractivity contribution is 6.32. The number of benzene rings is 1. The second-order valence-corrected chi connectivity index (χ2v) is 10.7. The van der Waals surface area contributed by atoms with Crippen LogP contribution in [0.4, 0.5) is 11.6 Å². The van der Waals surface area contributed by atoms with Crippen LogP contribution in [0.3, 0.4) is 0 Å². The molecule has 0 aliphatic carbocycles. The van der Waals surface area contributed by atoms with Gasteiger partial charge < -0.3 is 15.4 Å². The van der Waals surface area contributed by atoms with Gasteiger partial charge in [-0.25, -0.2) is 9.97 Å². The maximum absolute atomic E-state index is 12.2. The van der Waals surface area contributed by atoms with Crippen molar-refractivity contribution in [1.82, 2.24) is 25.1 Å². The van der Waals surface area contributed by atoms with Crippen molar-refractivity contribution < 1.29 is 9.53 Å². The smallest absolute Gasteiger partial charge is 0.252 e. The lowest BCUT2D eigenvalue weighted by molar-refractivity contribution is -0.170. The summed E-state index contributed by atoms with van der Waals surface area (Å²) in [5.74, 6) is 0.0614. The number of rotatable bonds is 6. The number of carbonyl (C=O) groups is 1. The maximum Gasteiger partial charge on any atom is 0.252 e. The van der Waals surface area contributed by atoms with E-state index < -0.39 is 6.04 Å². The van der Waals surface area contributed by atoms with Crippen molar-refractivity contribution in [3.63, 3.8) is 0 Å². The van der Waals surface area contributed by atoms with Gasteiger partial charge >= 0.3 is 0 Å². The molecule has 3 aromatic rings. The highest BCUT2D eigenvalue weighted by Crippen LogP contribution is 2.40. The minimum atomic E-state index is -0.573. The van der Waals surface area contributed by atoms with Crippen LogP contribution < -0.4 is 10.6 Å². The molecule has 1 saturated heterocycles. The molecule has 1 amide bonds. The Balaban J connectivity index is 1.50. The van der Waals surface area contributed by atoms with Crippen LogP contribution in [0.2, 0.25) is 5.02 Å². The zero-order valence-corrected chi connectivity index (χ0v) is 21.8. The zero-order valence-electron chi connectivity index (χ0n) is 21.0. The van der Waals surface area contributed by atoms with E-state index in [1.54, 1.807) is 37.4 Å². The predicted molar refractivity (Wildman–Crippen MR) is 138 cm³/mol. The molecule has 1 atom stereocenters. The van der Waals surface area contributed by atoms with Crippen LogP contribution in [0.25, 0.3) is 11.3 Å². The second-order valence-electron chi connectivity index (χ2n) is 10.3. The highest BCUT2D eigenvalue weighted by Gasteiger charge is 2.40. The van der Waals surface area contributed by atoms with E-state index in [9.17, 15) is 4.79 Å². The van der Waals surface area contributed by atoms with Gasteiger partial charge in [0.1, 0.15) is 6.04 Å². The molecular weight excluding hydrogens is 478 g/mol. The van der Waals surface area contributed by atoms with Gasteiger partial charge in [-0.3, -0.25) is 9.48 Å². The largest absolute Gasteiger partial charge is 0.370 e. The quantitative estimate of drug-likeness (QED) is 0.465. The monoisotopic (exact) mass is 507 g/mol. The summed E-state index contributed by atoms with van der Waals surface area (Å²) >= 11 is 6.39. The van der Waals surface area contributed by atoms with Crippen LogP contribution in [-0.2, 0) is 4.74 Å². The molecule has 0 bridgehead atoms. The zero-order chi connectivity index (χ0) is 26.1. The first-order valence-corrected chi connectivity index (χ1v) is 12.2. The third-order valence-corrected chi connectivity index (χ3v) is 6.22. The van der Waals surface area contributed by atoms with Crippen molar-refractivity contribution in [3.8, 4) is 17.3 Å². The van der Waals surface area contributed by atoms with Gasteiger partial charge in [-0.1, -0.05) is 23.7 Å². The Kier molecular flexibility index (Phi) is 7.03. The normalized spacial score (nSPS) is 17.7. The Morgan fingerprint density at radius 3 is 2.50 bits per heavy atom. The Morgan fingerprint density at radius 1 is 1.19 bits per heavy atom. The summed E-state index contributed by atoms with van der Waals surface area (Å²) in [6, 6.07) is 8.48. The minimum Gasteiger partial charge on any atom is -0.370 e. The molecule has 0 unspecified atom stereocenters. The summed E-state index contributed by atoms with van der Waals surface area (Å²) in [5.41, 5.74) is 2.01. The third-order valence-electron chi connectivity index (χ3n) is 5.94. The average molecular weight is 508 g/mol. The molecule has 1 fully saturated rings. The summed E-state index contributed by atoms with van der Waals surface area (Å²) in [5, 5.41) is 19.7. The Labute approximate surface area is 215 Å². The SMILES string of the molecule is C[C@@H](C#N)NC(=O)c1ccc(-c2nc(Nc3cnn(C4CC(C)(C)OC(C)(C)C4)c3)ncc2Cl)cc1. The number of nitriles is 1. The summed E-state index contributed by atoms with van der Waals surface area (Å²) in [6.45, 7) is 10.1. The topological polar surface area (TPSA) is 118 Å². The van der Waals surface area contributed by atoms with Gasteiger partial charge in [-0.15, -0.1) is 0 Å². The van der Waals surface area contributed by atoms with Crippen molar-refractivity contribution in [1.29, 1.82) is 5.26 Å². The molecule has 10 heteroatoms. The lowest BCUT2D eigenvalue weighted by atomic mass is 9.85. The van der Waals surface area contributed by atoms with E-state index in [0.29, 0.717) is 22.2 Å². The first kappa shape index (κ1) is 25.6. The van der Waals surface area contributed by atoms with Crippen LogP contribution in [0.1, 0.15) is 63.9 Å². The summed E-state index contributed by atoms with van der Waals surface area (Å²) in [6.07, 6.45) is 6.97. The molecule has 1 aliphatic heterocycles. The molecule has 0 spiro atoms. The molecule has 1 aromatic carbocycles. The van der Waals surface area contributed by atoms with Gasteiger partial charge in [0.2, 0.25) is 5.95 Å². The standard InChI is InChI=1S/C26H30ClN7O2/c1-16(12-28)31-23(35)18-8-6-17(7-9-18)22-21(27)14-29-24(33-22)32-19-13-30-34(15-19)20-10-25(2,3)36-26(4,5)11-20/h6-9,13-16,20H,10-11H2,1-5H3,(H,31,35)(H,29,32,33)/t16-/m0/s1. The van der Waals surface area contributed by atoms with Crippen molar-refractivity contribution in [2.75, 3.05) is 5.32 Å². The number of carbonyl (C=O) groups excluding carboxylic acids is 1. The van der Waals surface area contributed by atoms with E-state index in [0.717, 1.165) is 24.1 Å². The van der Waals surface area contributed by atoms with E-state index >= 15 is 0 Å². The molecule has 9 nitrogen and oxygen atoms in total. The fourth-order valence-electron chi connectivity index (χ4n) is 4.68. The van der Waals surface area contributed by atoms with Crippen molar-refractivity contribution in [2.45, 2.75) is 70.7 Å². The number of hydrogen-bond acceptors (Lipinski definition) is 7. The molecular formula is C26H30ClN7O2. The highest BCUT2D eigenvalue weighted by atomic mass is 35.5. The number of hydrogen-bond donors (Lipinski definition) is 2. The fraction of sp³-hybridized carbons (Fsp3) is 0.423. The van der Waals surface area contributed by atoms with Crippen LogP contribution in [-0.4, -0.2) is 42.9 Å². The Bertz CT molecular complexity index is 1280. The van der Waals surface area contributed by atoms with Crippen molar-refractivity contribution in [3.05, 3.63) is 53.4 Å². The van der Waals surface area contributed by atoms with Crippen LogP contribution in [0.5, 0.6) is 0 Å². The van der Waals surface area contributed by atoms with Crippen molar-refractivity contribution >= 4 is 29.1 Å². The van der Waals surface area contributed by atoms with Gasteiger partial charge in [0, 0.05) is 17.3 Å². The van der Waals surface area contributed by atoms with E-state index in [2.05, 4.69) is 53.4 Å². The molecule has 36 heavy (non-hydrogen) atoms. The summed E-state index contributed by atoms with van der Waals surface area (Å²) in [4.78, 5) is 21.1. The van der Waals surface area contributed by atoms with E-state index in [1.165, 1.54) is 6.20 Å². The summed E-state index contributed by atoms with van der Waals surface area (Å²) in [7, 11) is 0. The molecule has 1 aliphatic rings. The molecule has 0 saturated carbocycles. The Hall–Kier alpha value is -3.48. The maximum atomic E-state index is 12.2. The lowest BCUT2D eigenvalue weighted by Crippen LogP contribution is -2.45. The van der Waals surface area contributed by atoms with Gasteiger partial charge in [0.25, 0.3) is 5.91 Å².